The second-order valence-electron chi connectivity index (χ2n) is 4.75. The average Bonchev–Trinajstić information content (AvgIpc) is 2.95. The van der Waals surface area contributed by atoms with Crippen LogP contribution in [-0.2, 0) is 4.74 Å². The maximum absolute atomic E-state index is 12.3. The zero-order valence-corrected chi connectivity index (χ0v) is 12.8. The number of nitrogens with one attached hydrogen (secondary N) is 1. The van der Waals surface area contributed by atoms with Crippen LogP contribution in [-0.4, -0.2) is 57.4 Å². The molecule has 1 heterocycles. The summed E-state index contributed by atoms with van der Waals surface area (Å²) in [6, 6.07) is 5.17. The molecule has 0 aliphatic carbocycles. The first kappa shape index (κ1) is 15.9. The van der Waals surface area contributed by atoms with Gasteiger partial charge in [-0.05, 0) is 18.6 Å². The van der Waals surface area contributed by atoms with Gasteiger partial charge in [0.25, 0.3) is 5.91 Å². The van der Waals surface area contributed by atoms with E-state index in [-0.39, 0.29) is 12.0 Å². The van der Waals surface area contributed by atoms with Gasteiger partial charge in [-0.1, -0.05) is 6.07 Å². The Labute approximate surface area is 129 Å². The molecule has 1 fully saturated rings. The lowest BCUT2D eigenvalue weighted by Gasteiger charge is -2.14. The van der Waals surface area contributed by atoms with Crippen molar-refractivity contribution in [1.29, 1.82) is 0 Å². The largest absolute Gasteiger partial charge is 0.496 e. The zero-order valence-electron chi connectivity index (χ0n) is 12.8. The van der Waals surface area contributed by atoms with Crippen LogP contribution in [0.1, 0.15) is 16.8 Å². The Morgan fingerprint density at radius 2 is 2.00 bits per heavy atom. The van der Waals surface area contributed by atoms with Gasteiger partial charge < -0.3 is 24.4 Å². The summed E-state index contributed by atoms with van der Waals surface area (Å²) in [6.07, 6.45) is 0.357. The molecule has 0 radical (unpaired) electrons. The van der Waals surface area contributed by atoms with Crippen molar-refractivity contribution in [2.45, 2.75) is 6.42 Å². The Kier molecular flexibility index (Phi) is 5.46. The fourth-order valence-corrected chi connectivity index (χ4v) is 2.26. The maximum Gasteiger partial charge on any atom is 0.409 e. The summed E-state index contributed by atoms with van der Waals surface area (Å²) >= 11 is 0. The lowest BCUT2D eigenvalue weighted by molar-refractivity contribution is 0.0946. The molecule has 1 saturated heterocycles. The van der Waals surface area contributed by atoms with Gasteiger partial charge in [0.15, 0.2) is 0 Å². The highest BCUT2D eigenvalue weighted by atomic mass is 16.6. The molecule has 1 aliphatic heterocycles. The Balaban J connectivity index is 1.88. The number of benzene rings is 1. The van der Waals surface area contributed by atoms with Crippen molar-refractivity contribution in [2.75, 3.05) is 40.5 Å². The molecule has 0 spiro atoms. The van der Waals surface area contributed by atoms with Crippen LogP contribution in [0.4, 0.5) is 4.79 Å². The summed E-state index contributed by atoms with van der Waals surface area (Å²) in [7, 11) is 3.01. The number of carbonyl (C=O) groups is 2. The van der Waals surface area contributed by atoms with Crippen LogP contribution in [0.2, 0.25) is 0 Å². The highest BCUT2D eigenvalue weighted by Gasteiger charge is 2.21. The standard InChI is InChI=1S/C15H20N2O5/c1-20-11-5-3-6-12(21-2)13(11)14(18)16-7-4-8-17-9-10-22-15(17)19/h3,5-6H,4,7-10H2,1-2H3,(H,16,18). The predicted molar refractivity (Wildman–Crippen MR) is 79.4 cm³/mol. The number of rotatable bonds is 7. The van der Waals surface area contributed by atoms with E-state index in [0.717, 1.165) is 0 Å². The number of ether oxygens (including phenoxy) is 3. The number of methoxy groups -OCH3 is 2. The molecule has 0 bridgehead atoms. The first-order chi connectivity index (χ1) is 10.7. The van der Waals surface area contributed by atoms with E-state index in [1.165, 1.54) is 14.2 Å². The van der Waals surface area contributed by atoms with Gasteiger partial charge >= 0.3 is 6.09 Å². The average molecular weight is 308 g/mol. The molecular weight excluding hydrogens is 288 g/mol. The lowest BCUT2D eigenvalue weighted by Crippen LogP contribution is -2.30. The molecule has 7 nitrogen and oxygen atoms in total. The molecule has 120 valence electrons. The van der Waals surface area contributed by atoms with Gasteiger partial charge in [0, 0.05) is 13.1 Å². The molecule has 22 heavy (non-hydrogen) atoms. The summed E-state index contributed by atoms with van der Waals surface area (Å²) in [5, 5.41) is 2.81. The minimum Gasteiger partial charge on any atom is -0.496 e. The van der Waals surface area contributed by atoms with Crippen molar-refractivity contribution in [3.63, 3.8) is 0 Å². The third kappa shape index (κ3) is 3.60. The van der Waals surface area contributed by atoms with Crippen LogP contribution in [0.15, 0.2) is 18.2 Å². The molecule has 0 unspecified atom stereocenters. The van der Waals surface area contributed by atoms with E-state index >= 15 is 0 Å². The highest BCUT2D eigenvalue weighted by molar-refractivity contribution is 5.99. The Bertz CT molecular complexity index is 524. The molecule has 1 aliphatic rings. The van der Waals surface area contributed by atoms with Crippen molar-refractivity contribution < 1.29 is 23.8 Å². The van der Waals surface area contributed by atoms with E-state index in [2.05, 4.69) is 5.32 Å². The van der Waals surface area contributed by atoms with E-state index in [9.17, 15) is 9.59 Å². The predicted octanol–water partition coefficient (Wildman–Crippen LogP) is 1.28. The molecule has 2 rings (SSSR count). The summed E-state index contributed by atoms with van der Waals surface area (Å²) in [5.74, 6) is 0.651. The Morgan fingerprint density at radius 1 is 1.32 bits per heavy atom. The molecule has 7 heteroatoms. The SMILES string of the molecule is COc1cccc(OC)c1C(=O)NCCCN1CCOC1=O. The topological polar surface area (TPSA) is 77.1 Å². The molecule has 0 aromatic heterocycles. The van der Waals surface area contributed by atoms with Gasteiger partial charge in [-0.3, -0.25) is 4.79 Å². The van der Waals surface area contributed by atoms with Crippen molar-refractivity contribution in [3.05, 3.63) is 23.8 Å². The van der Waals surface area contributed by atoms with Gasteiger partial charge in [0.05, 0.1) is 20.8 Å². The van der Waals surface area contributed by atoms with Crippen LogP contribution >= 0.6 is 0 Å². The van der Waals surface area contributed by atoms with Gasteiger partial charge in [-0.2, -0.15) is 0 Å². The summed E-state index contributed by atoms with van der Waals surface area (Å²) < 4.78 is 15.2. The molecule has 2 amide bonds. The molecule has 1 N–H and O–H groups in total. The van der Waals surface area contributed by atoms with E-state index in [1.54, 1.807) is 23.1 Å². The monoisotopic (exact) mass is 308 g/mol. The summed E-state index contributed by atoms with van der Waals surface area (Å²) in [6.45, 7) is 2.04. The number of amides is 2. The number of carbonyl (C=O) groups excluding carboxylic acids is 2. The smallest absolute Gasteiger partial charge is 0.409 e. The third-order valence-electron chi connectivity index (χ3n) is 3.39. The van der Waals surface area contributed by atoms with Crippen molar-refractivity contribution in [2.24, 2.45) is 0 Å². The number of hydrogen-bond donors (Lipinski definition) is 1. The van der Waals surface area contributed by atoms with E-state index in [0.29, 0.717) is 49.7 Å². The van der Waals surface area contributed by atoms with Gasteiger partial charge in [0.1, 0.15) is 23.7 Å². The fraction of sp³-hybridized carbons (Fsp3) is 0.467. The molecule has 1 aromatic rings. The number of hydrogen-bond acceptors (Lipinski definition) is 5. The first-order valence-electron chi connectivity index (χ1n) is 7.08. The second-order valence-corrected chi connectivity index (χ2v) is 4.75. The number of cyclic esters (lactones) is 1. The Hall–Kier alpha value is -2.44. The van der Waals surface area contributed by atoms with Crippen LogP contribution in [0.25, 0.3) is 0 Å². The highest BCUT2D eigenvalue weighted by Crippen LogP contribution is 2.27. The lowest BCUT2D eigenvalue weighted by atomic mass is 10.1. The third-order valence-corrected chi connectivity index (χ3v) is 3.39. The molecular formula is C15H20N2O5. The van der Waals surface area contributed by atoms with Crippen molar-refractivity contribution in [1.82, 2.24) is 10.2 Å². The van der Waals surface area contributed by atoms with Crippen LogP contribution in [0.5, 0.6) is 11.5 Å². The Morgan fingerprint density at radius 3 is 2.55 bits per heavy atom. The molecule has 1 aromatic carbocycles. The van der Waals surface area contributed by atoms with Crippen molar-refractivity contribution in [3.8, 4) is 11.5 Å². The second kappa shape index (κ2) is 7.53. The number of nitrogens with zero attached hydrogens (tertiary/aromatic N) is 1. The van der Waals surface area contributed by atoms with Gasteiger partial charge in [0.2, 0.25) is 0 Å². The quantitative estimate of drug-likeness (QED) is 0.768. The summed E-state index contributed by atoms with van der Waals surface area (Å²) in [5.41, 5.74) is 0.369. The first-order valence-corrected chi connectivity index (χ1v) is 7.08. The van der Waals surface area contributed by atoms with E-state index in [1.807, 2.05) is 0 Å². The van der Waals surface area contributed by atoms with Gasteiger partial charge in [-0.25, -0.2) is 4.79 Å². The fourth-order valence-electron chi connectivity index (χ4n) is 2.26. The van der Waals surface area contributed by atoms with Gasteiger partial charge in [-0.15, -0.1) is 0 Å². The van der Waals surface area contributed by atoms with Crippen molar-refractivity contribution >= 4 is 12.0 Å². The van der Waals surface area contributed by atoms with Crippen LogP contribution < -0.4 is 14.8 Å². The molecule has 0 saturated carbocycles. The molecule has 0 atom stereocenters. The van der Waals surface area contributed by atoms with Crippen LogP contribution in [0, 0.1) is 0 Å². The minimum absolute atomic E-state index is 0.265. The maximum atomic E-state index is 12.3. The van der Waals surface area contributed by atoms with E-state index in [4.69, 9.17) is 14.2 Å². The minimum atomic E-state index is -0.294. The van der Waals surface area contributed by atoms with E-state index < -0.39 is 0 Å². The van der Waals surface area contributed by atoms with Crippen LogP contribution in [0.3, 0.4) is 0 Å². The zero-order chi connectivity index (χ0) is 15.9. The normalized spacial score (nSPS) is 13.7. The summed E-state index contributed by atoms with van der Waals surface area (Å²) in [4.78, 5) is 25.2.